The van der Waals surface area contributed by atoms with E-state index in [4.69, 9.17) is 9.47 Å². The first-order valence-corrected chi connectivity index (χ1v) is 12.4. The second kappa shape index (κ2) is 11.2. The van der Waals surface area contributed by atoms with Gasteiger partial charge in [-0.3, -0.25) is 9.59 Å². The fraction of sp³-hybridized carbons (Fsp3) is 0.333. The number of thiophene rings is 1. The highest BCUT2D eigenvalue weighted by atomic mass is 32.1. The van der Waals surface area contributed by atoms with E-state index < -0.39 is 0 Å². The smallest absolute Gasteiger partial charge is 0.311 e. The van der Waals surface area contributed by atoms with Crippen molar-refractivity contribution >= 4 is 28.9 Å². The molecule has 0 spiro atoms. The summed E-state index contributed by atoms with van der Waals surface area (Å²) in [6.45, 7) is 0. The van der Waals surface area contributed by atoms with Gasteiger partial charge in [0.2, 0.25) is 5.91 Å². The molecule has 178 valence electrons. The van der Waals surface area contributed by atoms with Crippen LogP contribution in [-0.4, -0.2) is 30.2 Å². The Morgan fingerprint density at radius 2 is 1.85 bits per heavy atom. The molecule has 1 saturated carbocycles. The van der Waals surface area contributed by atoms with E-state index in [-0.39, 0.29) is 30.2 Å². The van der Waals surface area contributed by atoms with Crippen LogP contribution in [0, 0.1) is 0 Å². The average molecular weight is 480 g/mol. The highest BCUT2D eigenvalue weighted by molar-refractivity contribution is 7.10. The van der Waals surface area contributed by atoms with E-state index in [2.05, 4.69) is 11.4 Å². The number of rotatable bonds is 8. The van der Waals surface area contributed by atoms with Gasteiger partial charge in [0, 0.05) is 10.6 Å². The number of hydrogen-bond acceptors (Lipinski definition) is 6. The number of esters is 1. The molecule has 1 fully saturated rings. The lowest BCUT2D eigenvalue weighted by Gasteiger charge is -2.28. The summed E-state index contributed by atoms with van der Waals surface area (Å²) in [7, 11) is 1.48. The SMILES string of the molecule is COc1cc(CC(=O)Nc2cccc([C@H]3CC[C@@H](OC(=O)Cc4cccs4)CC3)c2)ccc1O. The molecule has 34 heavy (non-hydrogen) atoms. The summed E-state index contributed by atoms with van der Waals surface area (Å²) < 4.78 is 10.8. The quantitative estimate of drug-likeness (QED) is 0.419. The molecule has 2 aromatic carbocycles. The van der Waals surface area contributed by atoms with Crippen molar-refractivity contribution in [3.05, 3.63) is 76.0 Å². The summed E-state index contributed by atoms with van der Waals surface area (Å²) in [5.41, 5.74) is 2.71. The maximum absolute atomic E-state index is 12.6. The zero-order valence-corrected chi connectivity index (χ0v) is 20.0. The Hall–Kier alpha value is -3.32. The van der Waals surface area contributed by atoms with Gasteiger partial charge in [0.15, 0.2) is 11.5 Å². The van der Waals surface area contributed by atoms with E-state index in [1.807, 2.05) is 35.7 Å². The largest absolute Gasteiger partial charge is 0.504 e. The lowest BCUT2D eigenvalue weighted by atomic mass is 9.82. The number of carbonyl (C=O) groups is 2. The minimum atomic E-state index is -0.151. The minimum absolute atomic E-state index is 0.0195. The lowest BCUT2D eigenvalue weighted by Crippen LogP contribution is -2.24. The fourth-order valence-electron chi connectivity index (χ4n) is 4.39. The van der Waals surface area contributed by atoms with Gasteiger partial charge < -0.3 is 19.9 Å². The molecule has 7 heteroatoms. The Kier molecular flexibility index (Phi) is 7.85. The van der Waals surface area contributed by atoms with Crippen molar-refractivity contribution in [2.24, 2.45) is 0 Å². The second-order valence-corrected chi connectivity index (χ2v) is 9.61. The van der Waals surface area contributed by atoms with Crippen LogP contribution in [0.5, 0.6) is 11.5 Å². The molecule has 0 atom stereocenters. The van der Waals surface area contributed by atoms with Gasteiger partial charge in [-0.2, -0.15) is 0 Å². The van der Waals surface area contributed by atoms with Crippen molar-refractivity contribution in [3.8, 4) is 11.5 Å². The highest BCUT2D eigenvalue weighted by Crippen LogP contribution is 2.35. The maximum Gasteiger partial charge on any atom is 0.311 e. The fourth-order valence-corrected chi connectivity index (χ4v) is 5.08. The molecular formula is C27H29NO5S. The molecule has 1 heterocycles. The Morgan fingerprint density at radius 3 is 2.59 bits per heavy atom. The summed E-state index contributed by atoms with van der Waals surface area (Å²) in [4.78, 5) is 25.8. The molecule has 0 saturated heterocycles. The van der Waals surface area contributed by atoms with Crippen LogP contribution < -0.4 is 10.1 Å². The monoisotopic (exact) mass is 479 g/mol. The van der Waals surface area contributed by atoms with E-state index in [1.165, 1.54) is 18.7 Å². The van der Waals surface area contributed by atoms with Crippen molar-refractivity contribution < 1.29 is 24.2 Å². The summed E-state index contributed by atoms with van der Waals surface area (Å²) in [5.74, 6) is 0.491. The number of carbonyl (C=O) groups excluding carboxylic acids is 2. The Labute approximate surface area is 203 Å². The van der Waals surface area contributed by atoms with Crippen molar-refractivity contribution in [2.75, 3.05) is 12.4 Å². The molecule has 4 rings (SSSR count). The number of phenolic OH excluding ortho intramolecular Hbond substituents is 1. The first kappa shape index (κ1) is 23.8. The van der Waals surface area contributed by atoms with Crippen LogP contribution in [-0.2, 0) is 27.2 Å². The van der Waals surface area contributed by atoms with E-state index in [0.29, 0.717) is 18.1 Å². The van der Waals surface area contributed by atoms with Crippen LogP contribution in [0.15, 0.2) is 60.0 Å². The van der Waals surface area contributed by atoms with Gasteiger partial charge in [0.1, 0.15) is 6.10 Å². The Morgan fingerprint density at radius 1 is 1.03 bits per heavy atom. The number of nitrogens with one attached hydrogen (secondary N) is 1. The number of hydrogen-bond donors (Lipinski definition) is 2. The van der Waals surface area contributed by atoms with Gasteiger partial charge in [-0.05, 0) is 78.4 Å². The van der Waals surface area contributed by atoms with Crippen LogP contribution in [0.2, 0.25) is 0 Å². The summed E-state index contributed by atoms with van der Waals surface area (Å²) in [6.07, 6.45) is 4.09. The topological polar surface area (TPSA) is 84.9 Å². The number of amides is 1. The molecule has 0 unspecified atom stereocenters. The van der Waals surface area contributed by atoms with Crippen LogP contribution in [0.25, 0.3) is 0 Å². The third-order valence-electron chi connectivity index (χ3n) is 6.12. The van der Waals surface area contributed by atoms with Crippen LogP contribution in [0.1, 0.15) is 47.6 Å². The molecule has 0 bridgehead atoms. The van der Waals surface area contributed by atoms with E-state index in [0.717, 1.165) is 41.8 Å². The number of methoxy groups -OCH3 is 1. The third-order valence-corrected chi connectivity index (χ3v) is 7.00. The summed E-state index contributed by atoms with van der Waals surface area (Å²) in [6, 6.07) is 16.8. The van der Waals surface area contributed by atoms with Crippen molar-refractivity contribution in [2.45, 2.75) is 50.5 Å². The van der Waals surface area contributed by atoms with Gasteiger partial charge in [-0.15, -0.1) is 11.3 Å². The van der Waals surface area contributed by atoms with Crippen LogP contribution in [0.3, 0.4) is 0 Å². The second-order valence-electron chi connectivity index (χ2n) is 8.58. The van der Waals surface area contributed by atoms with Gasteiger partial charge in [0.25, 0.3) is 0 Å². The number of benzene rings is 2. The average Bonchev–Trinajstić information content (AvgIpc) is 3.34. The Balaban J connectivity index is 1.28. The molecule has 6 nitrogen and oxygen atoms in total. The molecular weight excluding hydrogens is 450 g/mol. The first-order valence-electron chi connectivity index (χ1n) is 11.5. The molecule has 1 aliphatic rings. The summed E-state index contributed by atoms with van der Waals surface area (Å²) in [5, 5.41) is 14.7. The molecule has 3 aromatic rings. The van der Waals surface area contributed by atoms with Crippen molar-refractivity contribution in [3.63, 3.8) is 0 Å². The molecule has 1 aliphatic carbocycles. The van der Waals surface area contributed by atoms with Gasteiger partial charge in [-0.1, -0.05) is 24.3 Å². The summed E-state index contributed by atoms with van der Waals surface area (Å²) >= 11 is 1.57. The third kappa shape index (κ3) is 6.38. The number of phenols is 1. The zero-order chi connectivity index (χ0) is 23.9. The van der Waals surface area contributed by atoms with E-state index in [1.54, 1.807) is 23.5 Å². The first-order chi connectivity index (χ1) is 16.5. The van der Waals surface area contributed by atoms with E-state index in [9.17, 15) is 14.7 Å². The lowest BCUT2D eigenvalue weighted by molar-refractivity contribution is -0.149. The molecule has 0 aliphatic heterocycles. The standard InChI is InChI=1S/C27H29NO5S/c1-32-25-14-18(7-12-24(25)29)15-26(30)28-21-5-2-4-20(16-21)19-8-10-22(11-9-19)33-27(31)17-23-6-3-13-34-23/h2-7,12-14,16,19,22,29H,8-11,15,17H2,1H3,(H,28,30)/t19-,22+. The maximum atomic E-state index is 12.6. The molecule has 2 N–H and O–H groups in total. The molecule has 1 amide bonds. The highest BCUT2D eigenvalue weighted by Gasteiger charge is 2.25. The predicted octanol–water partition coefficient (Wildman–Crippen LogP) is 5.46. The van der Waals surface area contributed by atoms with Crippen molar-refractivity contribution in [1.82, 2.24) is 0 Å². The number of ether oxygens (including phenoxy) is 2. The minimum Gasteiger partial charge on any atom is -0.504 e. The Bertz CT molecular complexity index is 1120. The number of aromatic hydroxyl groups is 1. The van der Waals surface area contributed by atoms with Crippen molar-refractivity contribution in [1.29, 1.82) is 0 Å². The van der Waals surface area contributed by atoms with Gasteiger partial charge >= 0.3 is 5.97 Å². The predicted molar refractivity (Wildman–Crippen MR) is 133 cm³/mol. The zero-order valence-electron chi connectivity index (χ0n) is 19.2. The van der Waals surface area contributed by atoms with Crippen LogP contribution >= 0.6 is 11.3 Å². The molecule has 0 radical (unpaired) electrons. The van der Waals surface area contributed by atoms with E-state index >= 15 is 0 Å². The van der Waals surface area contributed by atoms with Crippen LogP contribution in [0.4, 0.5) is 5.69 Å². The van der Waals surface area contributed by atoms with Gasteiger partial charge in [-0.25, -0.2) is 0 Å². The number of anilines is 1. The van der Waals surface area contributed by atoms with Gasteiger partial charge in [0.05, 0.1) is 20.0 Å². The normalized spacial score (nSPS) is 17.7. The molecule has 1 aromatic heterocycles.